The molecule has 1 amide bonds. The van der Waals surface area contributed by atoms with Gasteiger partial charge in [-0.05, 0) is 18.9 Å². The zero-order chi connectivity index (χ0) is 15.5. The Balaban J connectivity index is 2.17. The Kier molecular flexibility index (Phi) is 4.56. The van der Waals surface area contributed by atoms with E-state index in [0.29, 0.717) is 12.8 Å². The number of amides is 1. The van der Waals surface area contributed by atoms with Crippen molar-refractivity contribution >= 4 is 28.2 Å². The predicted octanol–water partition coefficient (Wildman–Crippen LogP) is 2.56. The maximum atomic E-state index is 12.2. The van der Waals surface area contributed by atoms with Gasteiger partial charge in [0.25, 0.3) is 5.91 Å². The van der Waals surface area contributed by atoms with Gasteiger partial charge >= 0.3 is 11.0 Å². The molecule has 0 radical (unpaired) electrons. The van der Waals surface area contributed by atoms with Gasteiger partial charge in [-0.25, -0.2) is 4.79 Å². The highest BCUT2D eigenvalue weighted by Crippen LogP contribution is 2.29. The number of hydrogen-bond acceptors (Lipinski definition) is 5. The fourth-order valence-corrected chi connectivity index (χ4v) is 3.27. The summed E-state index contributed by atoms with van der Waals surface area (Å²) in [4.78, 5) is 34.0. The quantitative estimate of drug-likeness (QED) is 0.504. The average Bonchev–Trinajstić information content (AvgIpc) is 2.81. The van der Waals surface area contributed by atoms with Crippen LogP contribution in [0.5, 0.6) is 0 Å². The molecule has 1 saturated carbocycles. The number of aliphatic carboxylic acids is 1. The maximum Gasteiger partial charge on any atom is 0.329 e. The van der Waals surface area contributed by atoms with Gasteiger partial charge in [0.15, 0.2) is 0 Å². The number of rotatable bonds is 4. The molecule has 1 aliphatic carbocycles. The van der Waals surface area contributed by atoms with E-state index in [1.165, 1.54) is 12.1 Å². The zero-order valence-corrected chi connectivity index (χ0v) is 12.1. The van der Waals surface area contributed by atoms with Crippen molar-refractivity contribution in [3.05, 3.63) is 27.1 Å². The Morgan fingerprint density at radius 1 is 1.24 bits per heavy atom. The number of nitrogens with one attached hydrogen (secondary N) is 1. The van der Waals surface area contributed by atoms with E-state index < -0.39 is 22.3 Å². The van der Waals surface area contributed by atoms with Crippen molar-refractivity contribution in [2.45, 2.75) is 44.1 Å². The Labute approximate surface area is 125 Å². The van der Waals surface area contributed by atoms with Crippen LogP contribution in [-0.2, 0) is 4.79 Å². The molecule has 0 aromatic carbocycles. The third-order valence-corrected chi connectivity index (χ3v) is 4.75. The minimum Gasteiger partial charge on any atom is -0.480 e. The van der Waals surface area contributed by atoms with Gasteiger partial charge in [0.2, 0.25) is 0 Å². The summed E-state index contributed by atoms with van der Waals surface area (Å²) in [7, 11) is 0. The van der Waals surface area contributed by atoms with Crippen molar-refractivity contribution in [1.82, 2.24) is 5.32 Å². The van der Waals surface area contributed by atoms with Crippen LogP contribution >= 0.6 is 11.3 Å². The largest absolute Gasteiger partial charge is 0.480 e. The molecule has 1 aliphatic rings. The van der Waals surface area contributed by atoms with E-state index in [1.807, 2.05) is 0 Å². The lowest BCUT2D eigenvalue weighted by molar-refractivity contribution is -0.380. The third kappa shape index (κ3) is 3.38. The van der Waals surface area contributed by atoms with Crippen molar-refractivity contribution in [3.8, 4) is 0 Å². The number of carboxylic acids is 1. The van der Waals surface area contributed by atoms with Crippen molar-refractivity contribution in [1.29, 1.82) is 0 Å². The lowest BCUT2D eigenvalue weighted by Crippen LogP contribution is -2.54. The number of carbonyl (C=O) groups excluding carboxylic acids is 1. The lowest BCUT2D eigenvalue weighted by Gasteiger charge is -2.29. The third-order valence-electron chi connectivity index (χ3n) is 3.71. The van der Waals surface area contributed by atoms with Crippen LogP contribution in [0.1, 0.15) is 48.2 Å². The van der Waals surface area contributed by atoms with Crippen LogP contribution in [0.25, 0.3) is 0 Å². The molecular weight excluding hydrogens is 296 g/mol. The first-order valence-electron chi connectivity index (χ1n) is 6.75. The molecule has 1 heterocycles. The first-order valence-corrected chi connectivity index (χ1v) is 7.56. The van der Waals surface area contributed by atoms with Crippen LogP contribution in [0, 0.1) is 10.1 Å². The van der Waals surface area contributed by atoms with E-state index in [1.54, 1.807) is 0 Å². The van der Waals surface area contributed by atoms with Crippen LogP contribution < -0.4 is 5.32 Å². The van der Waals surface area contributed by atoms with Gasteiger partial charge < -0.3 is 10.4 Å². The first kappa shape index (κ1) is 15.4. The number of nitro groups is 1. The summed E-state index contributed by atoms with van der Waals surface area (Å²) in [5.74, 6) is -1.60. The molecule has 8 heteroatoms. The van der Waals surface area contributed by atoms with E-state index in [4.69, 9.17) is 0 Å². The molecule has 0 spiro atoms. The van der Waals surface area contributed by atoms with E-state index in [-0.39, 0.29) is 9.88 Å². The van der Waals surface area contributed by atoms with Gasteiger partial charge in [-0.15, -0.1) is 0 Å². The maximum absolute atomic E-state index is 12.2. The number of hydrogen-bond donors (Lipinski definition) is 2. The second-order valence-corrected chi connectivity index (χ2v) is 6.21. The van der Waals surface area contributed by atoms with E-state index in [9.17, 15) is 24.8 Å². The van der Waals surface area contributed by atoms with Gasteiger partial charge in [0.1, 0.15) is 5.54 Å². The summed E-state index contributed by atoms with van der Waals surface area (Å²) in [6, 6.07) is 2.60. The van der Waals surface area contributed by atoms with Gasteiger partial charge in [0.05, 0.1) is 9.80 Å². The number of nitrogens with zero attached hydrogens (tertiary/aromatic N) is 1. The Hall–Kier alpha value is -1.96. The smallest absolute Gasteiger partial charge is 0.329 e. The number of carboxylic acid groups (broad SMARTS) is 1. The van der Waals surface area contributed by atoms with Crippen molar-refractivity contribution < 1.29 is 19.6 Å². The molecule has 114 valence electrons. The first-order chi connectivity index (χ1) is 9.94. The SMILES string of the molecule is O=C(NC1(C(=O)O)CCCCCC1)c1ccc([N+](=O)[O-])s1. The highest BCUT2D eigenvalue weighted by atomic mass is 32.1. The van der Waals surface area contributed by atoms with Crippen molar-refractivity contribution in [3.63, 3.8) is 0 Å². The standard InChI is InChI=1S/C13H16N2O5S/c16-11(9-5-6-10(21-9)15(19)20)14-13(12(17)18)7-3-1-2-4-8-13/h5-6H,1-4,7-8H2,(H,14,16)(H,17,18). The van der Waals surface area contributed by atoms with Crippen LogP contribution in [0.3, 0.4) is 0 Å². The summed E-state index contributed by atoms with van der Waals surface area (Å²) in [6.07, 6.45) is 4.18. The molecule has 0 saturated heterocycles. The molecule has 0 aliphatic heterocycles. The van der Waals surface area contributed by atoms with Crippen molar-refractivity contribution in [2.24, 2.45) is 0 Å². The van der Waals surface area contributed by atoms with Crippen LogP contribution in [-0.4, -0.2) is 27.4 Å². The highest BCUT2D eigenvalue weighted by Gasteiger charge is 2.40. The molecule has 0 unspecified atom stereocenters. The monoisotopic (exact) mass is 312 g/mol. The Bertz CT molecular complexity index is 561. The minimum absolute atomic E-state index is 0.134. The minimum atomic E-state index is -1.26. The molecule has 0 bridgehead atoms. The van der Waals surface area contributed by atoms with Gasteiger partial charge in [-0.1, -0.05) is 37.0 Å². The summed E-state index contributed by atoms with van der Waals surface area (Å²) in [5, 5.41) is 22.6. The lowest BCUT2D eigenvalue weighted by atomic mass is 9.90. The second kappa shape index (κ2) is 6.21. The molecule has 1 fully saturated rings. The zero-order valence-electron chi connectivity index (χ0n) is 11.3. The predicted molar refractivity (Wildman–Crippen MR) is 76.5 cm³/mol. The van der Waals surface area contributed by atoms with Gasteiger partial charge in [-0.2, -0.15) is 0 Å². The molecule has 0 atom stereocenters. The molecule has 1 aromatic rings. The summed E-state index contributed by atoms with van der Waals surface area (Å²) in [5.41, 5.74) is -1.26. The Morgan fingerprint density at radius 2 is 1.86 bits per heavy atom. The van der Waals surface area contributed by atoms with Gasteiger partial charge in [0, 0.05) is 6.07 Å². The molecule has 2 rings (SSSR count). The Morgan fingerprint density at radius 3 is 2.33 bits per heavy atom. The molecule has 21 heavy (non-hydrogen) atoms. The molecule has 1 aromatic heterocycles. The van der Waals surface area contributed by atoms with Crippen LogP contribution in [0.15, 0.2) is 12.1 Å². The summed E-state index contributed by atoms with van der Waals surface area (Å²) in [6.45, 7) is 0. The molecule has 2 N–H and O–H groups in total. The molecular formula is C13H16N2O5S. The second-order valence-electron chi connectivity index (χ2n) is 5.15. The highest BCUT2D eigenvalue weighted by molar-refractivity contribution is 7.17. The normalized spacial score (nSPS) is 17.7. The average molecular weight is 312 g/mol. The van der Waals surface area contributed by atoms with Crippen molar-refractivity contribution in [2.75, 3.05) is 0 Å². The van der Waals surface area contributed by atoms with Gasteiger partial charge in [-0.3, -0.25) is 14.9 Å². The fraction of sp³-hybridized carbons (Fsp3) is 0.538. The fourth-order valence-electron chi connectivity index (χ4n) is 2.55. The van der Waals surface area contributed by atoms with E-state index >= 15 is 0 Å². The van der Waals surface area contributed by atoms with Crippen LogP contribution in [0.2, 0.25) is 0 Å². The van der Waals surface area contributed by atoms with Crippen LogP contribution in [0.4, 0.5) is 5.00 Å². The summed E-state index contributed by atoms with van der Waals surface area (Å²) < 4.78 is 0. The number of carbonyl (C=O) groups is 2. The summed E-state index contributed by atoms with van der Waals surface area (Å²) >= 11 is 0.749. The topological polar surface area (TPSA) is 110 Å². The number of thiophene rings is 1. The molecule has 7 nitrogen and oxygen atoms in total. The van der Waals surface area contributed by atoms with E-state index in [0.717, 1.165) is 37.0 Å². The van der Waals surface area contributed by atoms with E-state index in [2.05, 4.69) is 5.32 Å².